The number of halogens is 2. The number of aromatic nitrogens is 1. The van der Waals surface area contributed by atoms with Crippen LogP contribution >= 0.6 is 15.9 Å². The van der Waals surface area contributed by atoms with Gasteiger partial charge in [0.2, 0.25) is 5.91 Å². The Balaban J connectivity index is 1.76. The topological polar surface area (TPSA) is 82.5 Å². The molecule has 3 rings (SSSR count). The van der Waals surface area contributed by atoms with Gasteiger partial charge < -0.3 is 10.4 Å². The molecule has 0 bridgehead atoms. The highest BCUT2D eigenvalue weighted by Gasteiger charge is 2.56. The van der Waals surface area contributed by atoms with Crippen molar-refractivity contribution in [2.24, 2.45) is 5.92 Å². The minimum Gasteiger partial charge on any atom is -0.465 e. The number of hydrogen-bond acceptors (Lipinski definition) is 3. The molecule has 20 heavy (non-hydrogen) atoms. The number of carboxylic acid groups (broad SMARTS) is 1. The average molecular weight is 344 g/mol. The normalized spacial score (nSPS) is 27.1. The molecule has 0 aromatic carbocycles. The Morgan fingerprint density at radius 2 is 2.20 bits per heavy atom. The van der Waals surface area contributed by atoms with Gasteiger partial charge in [-0.3, -0.25) is 9.69 Å². The van der Waals surface area contributed by atoms with Crippen molar-refractivity contribution < 1.29 is 19.1 Å². The predicted molar refractivity (Wildman–Crippen MR) is 70.7 cm³/mol. The summed E-state index contributed by atoms with van der Waals surface area (Å²) in [6.07, 6.45) is 0.177. The molecule has 0 radical (unpaired) electrons. The van der Waals surface area contributed by atoms with Gasteiger partial charge in [-0.05, 0) is 46.8 Å². The predicted octanol–water partition coefficient (Wildman–Crippen LogP) is 2.06. The van der Waals surface area contributed by atoms with Crippen LogP contribution in [-0.2, 0) is 4.79 Å². The van der Waals surface area contributed by atoms with Crippen LogP contribution in [0.5, 0.6) is 0 Å². The minimum atomic E-state index is -1.11. The molecule has 1 saturated carbocycles. The smallest absolute Gasteiger partial charge is 0.408 e. The van der Waals surface area contributed by atoms with Crippen LogP contribution in [0.25, 0.3) is 0 Å². The lowest BCUT2D eigenvalue weighted by Gasteiger charge is -2.23. The molecule has 2 aliphatic rings. The van der Waals surface area contributed by atoms with E-state index in [2.05, 4.69) is 26.2 Å². The maximum absolute atomic E-state index is 13.5. The number of amides is 2. The quantitative estimate of drug-likeness (QED) is 0.805. The van der Waals surface area contributed by atoms with Crippen LogP contribution in [0.1, 0.15) is 12.8 Å². The van der Waals surface area contributed by atoms with E-state index in [4.69, 9.17) is 5.11 Å². The van der Waals surface area contributed by atoms with Gasteiger partial charge in [-0.15, -0.1) is 0 Å². The molecule has 1 saturated heterocycles. The van der Waals surface area contributed by atoms with E-state index < -0.39 is 23.9 Å². The van der Waals surface area contributed by atoms with Crippen LogP contribution in [0, 0.1) is 11.7 Å². The first-order chi connectivity index (χ1) is 9.47. The number of hydrogen-bond donors (Lipinski definition) is 2. The SMILES string of the molecule is O=C(Nc1nc(Br)ccc1F)C1CC2CC2N1C(=O)O. The molecular weight excluding hydrogens is 333 g/mol. The van der Waals surface area contributed by atoms with Gasteiger partial charge in [-0.25, -0.2) is 14.2 Å². The molecule has 2 fully saturated rings. The van der Waals surface area contributed by atoms with E-state index in [9.17, 15) is 14.0 Å². The molecule has 2 heterocycles. The average Bonchev–Trinajstić information content (AvgIpc) is 3.03. The monoisotopic (exact) mass is 343 g/mol. The van der Waals surface area contributed by atoms with Crippen LogP contribution in [0.4, 0.5) is 15.0 Å². The van der Waals surface area contributed by atoms with Crippen LogP contribution in [0.2, 0.25) is 0 Å². The van der Waals surface area contributed by atoms with Crippen molar-refractivity contribution in [2.45, 2.75) is 24.9 Å². The Morgan fingerprint density at radius 3 is 2.90 bits per heavy atom. The van der Waals surface area contributed by atoms with Crippen LogP contribution in [-0.4, -0.2) is 39.1 Å². The number of fused-ring (bicyclic) bond motifs is 1. The van der Waals surface area contributed by atoms with Gasteiger partial charge in [0, 0.05) is 6.04 Å². The summed E-state index contributed by atoms with van der Waals surface area (Å²) in [5.41, 5.74) is 0. The molecule has 1 aromatic heterocycles. The largest absolute Gasteiger partial charge is 0.465 e. The van der Waals surface area contributed by atoms with E-state index in [1.54, 1.807) is 0 Å². The number of carbonyl (C=O) groups excluding carboxylic acids is 1. The Morgan fingerprint density at radius 1 is 1.45 bits per heavy atom. The number of anilines is 1. The lowest BCUT2D eigenvalue weighted by Crippen LogP contribution is -2.45. The number of pyridine rings is 1. The summed E-state index contributed by atoms with van der Waals surface area (Å²) >= 11 is 3.09. The molecule has 1 aliphatic heterocycles. The molecule has 8 heteroatoms. The molecule has 1 aromatic rings. The van der Waals surface area contributed by atoms with E-state index in [0.717, 1.165) is 11.3 Å². The third kappa shape index (κ3) is 2.24. The van der Waals surface area contributed by atoms with E-state index >= 15 is 0 Å². The molecule has 3 unspecified atom stereocenters. The van der Waals surface area contributed by atoms with Gasteiger partial charge in [-0.1, -0.05) is 0 Å². The molecule has 6 nitrogen and oxygen atoms in total. The van der Waals surface area contributed by atoms with Crippen molar-refractivity contribution in [3.63, 3.8) is 0 Å². The molecule has 2 N–H and O–H groups in total. The number of carbonyl (C=O) groups is 2. The number of likely N-dealkylation sites (tertiary alicyclic amines) is 1. The molecule has 3 atom stereocenters. The van der Waals surface area contributed by atoms with Gasteiger partial charge in [-0.2, -0.15) is 0 Å². The van der Waals surface area contributed by atoms with Crippen LogP contribution in [0.15, 0.2) is 16.7 Å². The van der Waals surface area contributed by atoms with Crippen molar-refractivity contribution in [1.29, 1.82) is 0 Å². The molecular formula is C12H11BrFN3O3. The van der Waals surface area contributed by atoms with E-state index in [-0.39, 0.29) is 17.8 Å². The zero-order valence-electron chi connectivity index (χ0n) is 10.2. The summed E-state index contributed by atoms with van der Waals surface area (Å²) in [6.45, 7) is 0. The summed E-state index contributed by atoms with van der Waals surface area (Å²) in [6, 6.07) is 1.76. The number of nitrogens with zero attached hydrogens (tertiary/aromatic N) is 2. The molecule has 1 aliphatic carbocycles. The summed E-state index contributed by atoms with van der Waals surface area (Å²) in [4.78, 5) is 28.3. The minimum absolute atomic E-state index is 0.0661. The van der Waals surface area contributed by atoms with Crippen LogP contribution in [0.3, 0.4) is 0 Å². The summed E-state index contributed by atoms with van der Waals surface area (Å²) in [5, 5.41) is 11.5. The molecule has 0 spiro atoms. The first-order valence-electron chi connectivity index (χ1n) is 6.11. The zero-order valence-corrected chi connectivity index (χ0v) is 11.8. The molecule has 2 amide bonds. The number of piperidine rings is 1. The molecule has 106 valence electrons. The van der Waals surface area contributed by atoms with Gasteiger partial charge in [0.05, 0.1) is 0 Å². The van der Waals surface area contributed by atoms with Crippen molar-refractivity contribution in [2.75, 3.05) is 5.32 Å². The number of rotatable bonds is 2. The highest BCUT2D eigenvalue weighted by Crippen LogP contribution is 2.47. The Kier molecular flexibility index (Phi) is 3.12. The van der Waals surface area contributed by atoms with Crippen molar-refractivity contribution >= 4 is 33.7 Å². The Hall–Kier alpha value is -1.70. The third-order valence-corrected chi connectivity index (χ3v) is 4.12. The lowest BCUT2D eigenvalue weighted by atomic mass is 10.1. The second-order valence-corrected chi connectivity index (χ2v) is 5.77. The first-order valence-corrected chi connectivity index (χ1v) is 6.91. The lowest BCUT2D eigenvalue weighted by molar-refractivity contribution is -0.120. The first kappa shape index (κ1) is 13.3. The van der Waals surface area contributed by atoms with E-state index in [1.165, 1.54) is 12.1 Å². The fourth-order valence-corrected chi connectivity index (χ4v) is 2.98. The number of nitrogens with one attached hydrogen (secondary N) is 1. The van der Waals surface area contributed by atoms with E-state index in [0.29, 0.717) is 11.0 Å². The summed E-state index contributed by atoms with van der Waals surface area (Å²) in [5.74, 6) is -1.15. The van der Waals surface area contributed by atoms with Crippen LogP contribution < -0.4 is 5.32 Å². The van der Waals surface area contributed by atoms with Crippen molar-refractivity contribution in [1.82, 2.24) is 9.88 Å². The zero-order chi connectivity index (χ0) is 14.4. The maximum atomic E-state index is 13.5. The third-order valence-electron chi connectivity index (χ3n) is 3.68. The van der Waals surface area contributed by atoms with Gasteiger partial charge in [0.15, 0.2) is 11.6 Å². The summed E-state index contributed by atoms with van der Waals surface area (Å²) in [7, 11) is 0. The van der Waals surface area contributed by atoms with E-state index in [1.807, 2.05) is 0 Å². The standard InChI is InChI=1S/C12H11BrFN3O3/c13-9-2-1-6(14)10(15-9)16-11(18)8-4-5-3-7(5)17(8)12(19)20/h1-2,5,7-8H,3-4H2,(H,19,20)(H,15,16,18). The van der Waals surface area contributed by atoms with Gasteiger partial charge in [0.1, 0.15) is 10.6 Å². The van der Waals surface area contributed by atoms with Crippen molar-refractivity contribution in [3.8, 4) is 0 Å². The highest BCUT2D eigenvalue weighted by molar-refractivity contribution is 9.10. The Bertz CT molecular complexity index is 597. The fourth-order valence-electron chi connectivity index (χ4n) is 2.67. The second-order valence-electron chi connectivity index (χ2n) is 4.96. The highest BCUT2D eigenvalue weighted by atomic mass is 79.9. The summed E-state index contributed by atoms with van der Waals surface area (Å²) < 4.78 is 13.9. The second kappa shape index (κ2) is 4.69. The maximum Gasteiger partial charge on any atom is 0.408 e. The van der Waals surface area contributed by atoms with Gasteiger partial charge in [0.25, 0.3) is 0 Å². The Labute approximate surface area is 122 Å². The van der Waals surface area contributed by atoms with Gasteiger partial charge >= 0.3 is 6.09 Å². The fraction of sp³-hybridized carbons (Fsp3) is 0.417. The van der Waals surface area contributed by atoms with Crippen molar-refractivity contribution in [3.05, 3.63) is 22.6 Å².